The number of nitrogens with one attached hydrogen (secondary N) is 1. The van der Waals surface area contributed by atoms with Crippen molar-refractivity contribution in [3.63, 3.8) is 0 Å². The molecule has 0 fully saturated rings. The van der Waals surface area contributed by atoms with Crippen LogP contribution >= 0.6 is 27.3 Å². The number of halogens is 1. The van der Waals surface area contributed by atoms with Gasteiger partial charge in [0.15, 0.2) is 0 Å². The van der Waals surface area contributed by atoms with E-state index in [1.165, 1.54) is 11.3 Å². The molecule has 2 rings (SSSR count). The molecule has 1 N–H and O–H groups in total. The van der Waals surface area contributed by atoms with E-state index in [-0.39, 0.29) is 0 Å². The van der Waals surface area contributed by atoms with Crippen molar-refractivity contribution in [2.45, 2.75) is 31.0 Å². The van der Waals surface area contributed by atoms with Gasteiger partial charge in [0.1, 0.15) is 4.21 Å². The van der Waals surface area contributed by atoms with Crippen molar-refractivity contribution in [2.75, 3.05) is 6.54 Å². The van der Waals surface area contributed by atoms with Gasteiger partial charge in [-0.3, -0.25) is 4.68 Å². The Kier molecular flexibility index (Phi) is 5.00. The third-order valence-electron chi connectivity index (χ3n) is 2.76. The molecule has 0 aliphatic carbocycles. The van der Waals surface area contributed by atoms with E-state index >= 15 is 0 Å². The molecule has 2 heterocycles. The zero-order valence-corrected chi connectivity index (χ0v) is 14.5. The molecule has 0 aliphatic rings. The van der Waals surface area contributed by atoms with Crippen LogP contribution in [0, 0.1) is 13.8 Å². The highest BCUT2D eigenvalue weighted by atomic mass is 79.9. The second-order valence-corrected chi connectivity index (χ2v) is 8.92. The monoisotopic (exact) mass is 377 g/mol. The fourth-order valence-corrected chi connectivity index (χ4v) is 4.98. The summed E-state index contributed by atoms with van der Waals surface area (Å²) in [5.74, 6) is 0. The summed E-state index contributed by atoms with van der Waals surface area (Å²) < 4.78 is 29.6. The molecule has 110 valence electrons. The van der Waals surface area contributed by atoms with Gasteiger partial charge in [-0.15, -0.1) is 11.3 Å². The maximum Gasteiger partial charge on any atom is 0.250 e. The maximum absolute atomic E-state index is 12.0. The Morgan fingerprint density at radius 3 is 2.70 bits per heavy atom. The van der Waals surface area contributed by atoms with Crippen LogP contribution in [0.3, 0.4) is 0 Å². The van der Waals surface area contributed by atoms with Gasteiger partial charge in [0.25, 0.3) is 0 Å². The van der Waals surface area contributed by atoms with E-state index in [4.69, 9.17) is 0 Å². The molecule has 0 unspecified atom stereocenters. The average molecular weight is 378 g/mol. The first-order chi connectivity index (χ1) is 9.38. The third kappa shape index (κ3) is 3.91. The van der Waals surface area contributed by atoms with Gasteiger partial charge in [-0.2, -0.15) is 5.10 Å². The molecule has 0 aliphatic heterocycles. The quantitative estimate of drug-likeness (QED) is 0.787. The lowest BCUT2D eigenvalue weighted by molar-refractivity contribution is 0.545. The molecular formula is C12H16BrN3O2S2. The first-order valence-electron chi connectivity index (χ1n) is 6.14. The van der Waals surface area contributed by atoms with Gasteiger partial charge in [-0.1, -0.05) is 0 Å². The Balaban J connectivity index is 1.85. The van der Waals surface area contributed by atoms with Crippen molar-refractivity contribution in [1.82, 2.24) is 14.5 Å². The van der Waals surface area contributed by atoms with Crippen molar-refractivity contribution < 1.29 is 8.42 Å². The summed E-state index contributed by atoms with van der Waals surface area (Å²) in [6, 6.07) is 5.33. The summed E-state index contributed by atoms with van der Waals surface area (Å²) in [6.45, 7) is 5.04. The van der Waals surface area contributed by atoms with Crippen LogP contribution in [0.15, 0.2) is 26.2 Å². The van der Waals surface area contributed by atoms with Gasteiger partial charge in [-0.25, -0.2) is 13.1 Å². The molecule has 0 atom stereocenters. The number of thiophene rings is 1. The molecule has 20 heavy (non-hydrogen) atoms. The number of hydrogen-bond acceptors (Lipinski definition) is 4. The fourth-order valence-electron chi connectivity index (χ4n) is 1.85. The van der Waals surface area contributed by atoms with Crippen LogP contribution in [-0.2, 0) is 16.6 Å². The number of nitrogens with zero attached hydrogens (tertiary/aromatic N) is 2. The van der Waals surface area contributed by atoms with Gasteiger partial charge < -0.3 is 0 Å². The second kappa shape index (κ2) is 6.38. The minimum absolute atomic E-state index is 0.329. The lowest BCUT2D eigenvalue weighted by Gasteiger charge is -2.06. The summed E-state index contributed by atoms with van der Waals surface area (Å²) in [5, 5.41) is 4.34. The van der Waals surface area contributed by atoms with Crippen molar-refractivity contribution in [3.05, 3.63) is 33.4 Å². The summed E-state index contributed by atoms with van der Waals surface area (Å²) in [7, 11) is -3.39. The number of aryl methyl sites for hydroxylation is 3. The molecule has 0 aromatic carbocycles. The van der Waals surface area contributed by atoms with E-state index in [0.29, 0.717) is 23.7 Å². The van der Waals surface area contributed by atoms with Crippen LogP contribution in [0.4, 0.5) is 0 Å². The largest absolute Gasteiger partial charge is 0.270 e. The van der Waals surface area contributed by atoms with Crippen molar-refractivity contribution in [3.8, 4) is 0 Å². The first kappa shape index (κ1) is 15.7. The second-order valence-electron chi connectivity index (χ2n) is 4.46. The van der Waals surface area contributed by atoms with Crippen molar-refractivity contribution in [1.29, 1.82) is 0 Å². The molecule has 0 saturated carbocycles. The Bertz CT molecular complexity index is 691. The maximum atomic E-state index is 12.0. The highest BCUT2D eigenvalue weighted by Crippen LogP contribution is 2.25. The van der Waals surface area contributed by atoms with Crippen molar-refractivity contribution in [2.24, 2.45) is 0 Å². The van der Waals surface area contributed by atoms with Crippen LogP contribution in [0.1, 0.15) is 17.8 Å². The van der Waals surface area contributed by atoms with Crippen LogP contribution in [0.5, 0.6) is 0 Å². The number of hydrogen-bond donors (Lipinski definition) is 1. The Labute approximate surface area is 131 Å². The predicted molar refractivity (Wildman–Crippen MR) is 83.5 cm³/mol. The molecule has 0 amide bonds. The predicted octanol–water partition coefficient (Wildman–Crippen LogP) is 2.69. The lowest BCUT2D eigenvalue weighted by atomic mass is 10.4. The molecular weight excluding hydrogens is 362 g/mol. The van der Waals surface area contributed by atoms with E-state index in [1.54, 1.807) is 12.1 Å². The van der Waals surface area contributed by atoms with Gasteiger partial charge >= 0.3 is 0 Å². The van der Waals surface area contributed by atoms with E-state index in [9.17, 15) is 8.42 Å². The zero-order chi connectivity index (χ0) is 14.8. The molecule has 0 radical (unpaired) electrons. The van der Waals surface area contributed by atoms with Crippen LogP contribution in [0.25, 0.3) is 0 Å². The van der Waals surface area contributed by atoms with E-state index < -0.39 is 10.0 Å². The molecule has 0 bridgehead atoms. The average Bonchev–Trinajstić information content (AvgIpc) is 2.92. The minimum atomic E-state index is -3.39. The van der Waals surface area contributed by atoms with Gasteiger partial charge in [-0.05, 0) is 54.4 Å². The highest BCUT2D eigenvalue weighted by Gasteiger charge is 2.15. The van der Waals surface area contributed by atoms with E-state index in [1.807, 2.05) is 24.6 Å². The van der Waals surface area contributed by atoms with E-state index in [2.05, 4.69) is 25.8 Å². The van der Waals surface area contributed by atoms with Crippen LogP contribution in [0.2, 0.25) is 0 Å². The highest BCUT2D eigenvalue weighted by molar-refractivity contribution is 9.11. The van der Waals surface area contributed by atoms with E-state index in [0.717, 1.165) is 15.2 Å². The summed E-state index contributed by atoms with van der Waals surface area (Å²) in [4.78, 5) is 0. The molecule has 2 aromatic heterocycles. The first-order valence-corrected chi connectivity index (χ1v) is 9.24. The molecule has 0 saturated heterocycles. The number of aromatic nitrogens is 2. The zero-order valence-electron chi connectivity index (χ0n) is 11.3. The molecule has 8 heteroatoms. The topological polar surface area (TPSA) is 64.0 Å². The molecule has 0 spiro atoms. The number of rotatable bonds is 6. The lowest BCUT2D eigenvalue weighted by Crippen LogP contribution is -2.25. The Hall–Kier alpha value is -0.700. The minimum Gasteiger partial charge on any atom is -0.270 e. The smallest absolute Gasteiger partial charge is 0.250 e. The Morgan fingerprint density at radius 2 is 2.15 bits per heavy atom. The summed E-state index contributed by atoms with van der Waals surface area (Å²) in [6.07, 6.45) is 0.702. The van der Waals surface area contributed by atoms with Crippen LogP contribution < -0.4 is 4.72 Å². The molecule has 2 aromatic rings. The fraction of sp³-hybridized carbons (Fsp3) is 0.417. The summed E-state index contributed by atoms with van der Waals surface area (Å²) in [5.41, 5.74) is 2.07. The van der Waals surface area contributed by atoms with Gasteiger partial charge in [0.2, 0.25) is 10.0 Å². The van der Waals surface area contributed by atoms with Crippen molar-refractivity contribution >= 4 is 37.3 Å². The SMILES string of the molecule is Cc1cc(C)n(CCCNS(=O)(=O)c2ccc(Br)s2)n1. The summed E-state index contributed by atoms with van der Waals surface area (Å²) >= 11 is 4.47. The normalized spacial score (nSPS) is 11.9. The van der Waals surface area contributed by atoms with Gasteiger partial charge in [0, 0.05) is 18.8 Å². The Morgan fingerprint density at radius 1 is 1.40 bits per heavy atom. The van der Waals surface area contributed by atoms with Crippen LogP contribution in [-0.4, -0.2) is 24.7 Å². The molecule has 5 nitrogen and oxygen atoms in total. The number of sulfonamides is 1. The standard InChI is InChI=1S/C12H16BrN3O2S2/c1-9-8-10(2)16(15-9)7-3-6-14-20(17,18)12-5-4-11(13)19-12/h4-5,8,14H,3,6-7H2,1-2H3. The van der Waals surface area contributed by atoms with Gasteiger partial charge in [0.05, 0.1) is 9.48 Å². The third-order valence-corrected chi connectivity index (χ3v) is 6.33.